The summed E-state index contributed by atoms with van der Waals surface area (Å²) >= 11 is 1.75. The number of amides is 1. The Labute approximate surface area is 144 Å². The number of likely N-dealkylation sites (tertiary alicyclic amines) is 1. The van der Waals surface area contributed by atoms with Crippen molar-refractivity contribution in [3.63, 3.8) is 0 Å². The number of nitrogens with zero attached hydrogens (tertiary/aromatic N) is 2. The van der Waals surface area contributed by atoms with E-state index >= 15 is 0 Å². The van der Waals surface area contributed by atoms with E-state index < -0.39 is 0 Å². The molecule has 3 aromatic rings. The molecule has 1 aliphatic rings. The largest absolute Gasteiger partial charge is 0.349 e. The van der Waals surface area contributed by atoms with Gasteiger partial charge in [0.2, 0.25) is 0 Å². The van der Waals surface area contributed by atoms with Crippen molar-refractivity contribution in [2.75, 3.05) is 19.6 Å². The molecule has 2 aromatic heterocycles. The van der Waals surface area contributed by atoms with Crippen molar-refractivity contribution in [3.05, 3.63) is 52.3 Å². The molecule has 1 fully saturated rings. The fourth-order valence-electron chi connectivity index (χ4n) is 3.35. The molecule has 124 valence electrons. The highest BCUT2D eigenvalue weighted by Gasteiger charge is 2.25. The minimum Gasteiger partial charge on any atom is -0.349 e. The van der Waals surface area contributed by atoms with Crippen molar-refractivity contribution in [2.24, 2.45) is 0 Å². The third-order valence-corrected chi connectivity index (χ3v) is 5.57. The number of nitrogens with one attached hydrogen (secondary N) is 2. The molecule has 5 nitrogen and oxygen atoms in total. The van der Waals surface area contributed by atoms with Gasteiger partial charge in [-0.2, -0.15) is 5.10 Å². The van der Waals surface area contributed by atoms with Crippen LogP contribution in [0.4, 0.5) is 0 Å². The zero-order valence-corrected chi connectivity index (χ0v) is 14.2. The summed E-state index contributed by atoms with van der Waals surface area (Å²) in [7, 11) is 0. The van der Waals surface area contributed by atoms with Crippen LogP contribution in [0.5, 0.6) is 0 Å². The molecule has 0 spiro atoms. The zero-order chi connectivity index (χ0) is 16.4. The number of carbonyl (C=O) groups is 1. The Bertz CT molecular complexity index is 821. The average Bonchev–Trinajstić information content (AvgIpc) is 3.36. The maximum atomic E-state index is 12.6. The van der Waals surface area contributed by atoms with E-state index in [0.717, 1.165) is 24.0 Å². The number of hydrogen-bond acceptors (Lipinski definition) is 4. The normalized spacial score (nSPS) is 16.5. The Morgan fingerprint density at radius 3 is 2.88 bits per heavy atom. The molecule has 4 rings (SSSR count). The van der Waals surface area contributed by atoms with Crippen molar-refractivity contribution in [1.29, 1.82) is 0 Å². The monoisotopic (exact) mass is 340 g/mol. The molecule has 3 heterocycles. The fourth-order valence-corrected chi connectivity index (χ4v) is 4.21. The first-order valence-electron chi connectivity index (χ1n) is 8.31. The van der Waals surface area contributed by atoms with Crippen molar-refractivity contribution in [2.45, 2.75) is 18.9 Å². The lowest BCUT2D eigenvalue weighted by atomic mass is 10.2. The van der Waals surface area contributed by atoms with Gasteiger partial charge in [0, 0.05) is 16.8 Å². The molecule has 1 aromatic carbocycles. The van der Waals surface area contributed by atoms with Crippen LogP contribution in [0.1, 0.15) is 34.2 Å². The second-order valence-electron chi connectivity index (χ2n) is 6.10. The third-order valence-electron chi connectivity index (χ3n) is 4.59. The van der Waals surface area contributed by atoms with E-state index in [1.807, 2.05) is 24.3 Å². The molecule has 24 heavy (non-hydrogen) atoms. The summed E-state index contributed by atoms with van der Waals surface area (Å²) in [6, 6.07) is 12.2. The zero-order valence-electron chi connectivity index (χ0n) is 13.4. The van der Waals surface area contributed by atoms with E-state index in [0.29, 0.717) is 12.2 Å². The number of H-pyrrole nitrogens is 1. The number of benzene rings is 1. The number of thiophene rings is 1. The van der Waals surface area contributed by atoms with Gasteiger partial charge in [-0.15, -0.1) is 11.3 Å². The Morgan fingerprint density at radius 1 is 1.25 bits per heavy atom. The number of carbonyl (C=O) groups excluding carboxylic acids is 1. The predicted octanol–water partition coefficient (Wildman–Crippen LogP) is 3.19. The van der Waals surface area contributed by atoms with Gasteiger partial charge in [-0.05, 0) is 43.4 Å². The molecule has 0 radical (unpaired) electrons. The minimum absolute atomic E-state index is 0.117. The molecule has 0 unspecified atom stereocenters. The first kappa shape index (κ1) is 15.4. The SMILES string of the molecule is O=C(NC[C@H](c1cccs1)N1CCCC1)c1n[nH]c2ccccc12. The molecule has 6 heteroatoms. The van der Waals surface area contributed by atoms with Crippen molar-refractivity contribution in [1.82, 2.24) is 20.4 Å². The van der Waals surface area contributed by atoms with Gasteiger partial charge >= 0.3 is 0 Å². The summed E-state index contributed by atoms with van der Waals surface area (Å²) < 4.78 is 0. The van der Waals surface area contributed by atoms with E-state index in [-0.39, 0.29) is 11.9 Å². The molecular weight excluding hydrogens is 320 g/mol. The van der Waals surface area contributed by atoms with Crippen LogP contribution in [-0.4, -0.2) is 40.6 Å². The van der Waals surface area contributed by atoms with Crippen LogP contribution in [0, 0.1) is 0 Å². The van der Waals surface area contributed by atoms with Crippen LogP contribution in [0.25, 0.3) is 10.9 Å². The van der Waals surface area contributed by atoms with Crippen LogP contribution in [0.2, 0.25) is 0 Å². The number of aromatic nitrogens is 2. The number of fused-ring (bicyclic) bond motifs is 1. The summed E-state index contributed by atoms with van der Waals surface area (Å²) in [5.74, 6) is -0.117. The quantitative estimate of drug-likeness (QED) is 0.750. The van der Waals surface area contributed by atoms with Gasteiger partial charge in [-0.1, -0.05) is 24.3 Å². The number of hydrogen-bond donors (Lipinski definition) is 2. The summed E-state index contributed by atoms with van der Waals surface area (Å²) in [5, 5.41) is 13.2. The van der Waals surface area contributed by atoms with Gasteiger partial charge in [0.25, 0.3) is 5.91 Å². The van der Waals surface area contributed by atoms with Crippen molar-refractivity contribution in [3.8, 4) is 0 Å². The van der Waals surface area contributed by atoms with Crippen molar-refractivity contribution >= 4 is 28.1 Å². The fraction of sp³-hybridized carbons (Fsp3) is 0.333. The predicted molar refractivity (Wildman–Crippen MR) is 96.3 cm³/mol. The molecule has 1 amide bonds. The number of aromatic amines is 1. The lowest BCUT2D eigenvalue weighted by Crippen LogP contribution is -2.36. The first-order chi connectivity index (χ1) is 11.8. The number of rotatable bonds is 5. The van der Waals surface area contributed by atoms with E-state index in [4.69, 9.17) is 0 Å². The van der Waals surface area contributed by atoms with Crippen LogP contribution in [-0.2, 0) is 0 Å². The maximum absolute atomic E-state index is 12.6. The molecule has 0 aliphatic carbocycles. The molecule has 2 N–H and O–H groups in total. The summed E-state index contributed by atoms with van der Waals surface area (Å²) in [4.78, 5) is 16.4. The van der Waals surface area contributed by atoms with Gasteiger partial charge in [0.05, 0.1) is 11.6 Å². The van der Waals surface area contributed by atoms with Gasteiger partial charge < -0.3 is 5.32 Å². The lowest BCUT2D eigenvalue weighted by Gasteiger charge is -2.26. The first-order valence-corrected chi connectivity index (χ1v) is 9.19. The third kappa shape index (κ3) is 2.95. The van der Waals surface area contributed by atoms with Crippen LogP contribution in [0.15, 0.2) is 41.8 Å². The highest BCUT2D eigenvalue weighted by molar-refractivity contribution is 7.10. The number of para-hydroxylation sites is 1. The van der Waals surface area contributed by atoms with Gasteiger partial charge in [-0.25, -0.2) is 0 Å². The molecule has 1 aliphatic heterocycles. The minimum atomic E-state index is -0.117. The molecule has 0 bridgehead atoms. The molecular formula is C18H20N4OS. The van der Waals surface area contributed by atoms with Crippen molar-refractivity contribution < 1.29 is 4.79 Å². The highest BCUT2D eigenvalue weighted by Crippen LogP contribution is 2.28. The topological polar surface area (TPSA) is 61.0 Å². The smallest absolute Gasteiger partial charge is 0.272 e. The second kappa shape index (κ2) is 6.75. The van der Waals surface area contributed by atoms with E-state index in [2.05, 4.69) is 37.9 Å². The summed E-state index contributed by atoms with van der Waals surface area (Å²) in [5.41, 5.74) is 1.36. The van der Waals surface area contributed by atoms with Gasteiger partial charge in [0.15, 0.2) is 5.69 Å². The van der Waals surface area contributed by atoms with Gasteiger partial charge in [-0.3, -0.25) is 14.8 Å². The molecule has 1 atom stereocenters. The summed E-state index contributed by atoms with van der Waals surface area (Å²) in [6.45, 7) is 2.81. The second-order valence-corrected chi connectivity index (χ2v) is 7.08. The van der Waals surface area contributed by atoms with Gasteiger partial charge in [0.1, 0.15) is 0 Å². The van der Waals surface area contributed by atoms with E-state index in [1.165, 1.54) is 17.7 Å². The Balaban J connectivity index is 1.50. The average molecular weight is 340 g/mol. The molecule has 1 saturated heterocycles. The Morgan fingerprint density at radius 2 is 2.08 bits per heavy atom. The van der Waals surface area contributed by atoms with E-state index in [1.54, 1.807) is 11.3 Å². The van der Waals surface area contributed by atoms with Crippen LogP contribution < -0.4 is 5.32 Å². The highest BCUT2D eigenvalue weighted by atomic mass is 32.1. The molecule has 0 saturated carbocycles. The Hall–Kier alpha value is -2.18. The maximum Gasteiger partial charge on any atom is 0.272 e. The van der Waals surface area contributed by atoms with E-state index in [9.17, 15) is 4.79 Å². The standard InChI is InChI=1S/C18H20N4OS/c23-18(17-13-6-1-2-7-14(13)20-21-17)19-12-15(16-8-5-11-24-16)22-9-3-4-10-22/h1-2,5-8,11,15H,3-4,9-10,12H2,(H,19,23)(H,20,21)/t15-/m1/s1. The Kier molecular flexibility index (Phi) is 4.32. The van der Waals surface area contributed by atoms with Crippen LogP contribution in [0.3, 0.4) is 0 Å². The summed E-state index contributed by atoms with van der Waals surface area (Å²) in [6.07, 6.45) is 2.47. The van der Waals surface area contributed by atoms with Crippen LogP contribution >= 0.6 is 11.3 Å². The lowest BCUT2D eigenvalue weighted by molar-refractivity contribution is 0.0935.